The van der Waals surface area contributed by atoms with Crippen LogP contribution in [0.25, 0.3) is 0 Å². The molecule has 31 heavy (non-hydrogen) atoms. The molecule has 7 nitrogen and oxygen atoms in total. The number of anilines is 1. The second-order valence-electron chi connectivity index (χ2n) is 8.05. The van der Waals surface area contributed by atoms with Gasteiger partial charge in [0.1, 0.15) is 6.04 Å². The number of para-hydroxylation sites is 1. The normalized spacial score (nSPS) is 16.1. The Hall–Kier alpha value is -3.09. The highest BCUT2D eigenvalue weighted by atomic mass is 16.3. The van der Waals surface area contributed by atoms with Crippen LogP contribution in [-0.2, 0) is 4.79 Å². The fourth-order valence-corrected chi connectivity index (χ4v) is 3.77. The Labute approximate surface area is 183 Å². The molecule has 0 bridgehead atoms. The van der Waals surface area contributed by atoms with E-state index in [1.807, 2.05) is 18.7 Å². The Balaban J connectivity index is 1.77. The molecule has 7 heteroatoms. The topological polar surface area (TPSA) is 91.6 Å². The molecular formula is C24H31N3O4. The summed E-state index contributed by atoms with van der Waals surface area (Å²) in [4.78, 5) is 40.7. The quantitative estimate of drug-likeness (QED) is 0.699. The Morgan fingerprint density at radius 2 is 1.71 bits per heavy atom. The number of hydrogen-bond acceptors (Lipinski definition) is 4. The van der Waals surface area contributed by atoms with Gasteiger partial charge in [-0.3, -0.25) is 14.4 Å². The zero-order chi connectivity index (χ0) is 22.2. The van der Waals surface area contributed by atoms with Gasteiger partial charge in [-0.25, -0.2) is 0 Å². The molecule has 1 saturated heterocycles. The lowest BCUT2D eigenvalue weighted by molar-refractivity contribution is -0.134. The molecule has 2 heterocycles. The number of furan rings is 1. The predicted molar refractivity (Wildman–Crippen MR) is 119 cm³/mol. The second-order valence-corrected chi connectivity index (χ2v) is 8.05. The molecule has 1 aromatic heterocycles. The van der Waals surface area contributed by atoms with Crippen molar-refractivity contribution in [2.45, 2.75) is 52.0 Å². The molecule has 0 unspecified atom stereocenters. The number of nitrogens with one attached hydrogen (secondary N) is 2. The van der Waals surface area contributed by atoms with E-state index < -0.39 is 11.9 Å². The SMILES string of the molecule is CC[C@H](C)[C@H](NC(=O)c1ccccc1NC(=O)c1ccco1)C(=O)N1CCCCCC1. The van der Waals surface area contributed by atoms with Gasteiger partial charge in [0.15, 0.2) is 5.76 Å². The molecule has 1 aliphatic heterocycles. The van der Waals surface area contributed by atoms with Crippen LogP contribution in [0.4, 0.5) is 5.69 Å². The van der Waals surface area contributed by atoms with Crippen LogP contribution in [0.15, 0.2) is 47.1 Å². The standard InChI is InChI=1S/C24H31N3O4/c1-3-17(2)21(24(30)27-14-8-4-5-9-15-27)26-22(28)18-11-6-7-12-19(18)25-23(29)20-13-10-16-31-20/h6-7,10-13,16-17,21H,3-5,8-9,14-15H2,1-2H3,(H,25,29)(H,26,28)/t17-,21-/m0/s1. The summed E-state index contributed by atoms with van der Waals surface area (Å²) >= 11 is 0. The largest absolute Gasteiger partial charge is 0.459 e. The Bertz CT molecular complexity index is 886. The maximum Gasteiger partial charge on any atom is 0.291 e. The first-order chi connectivity index (χ1) is 15.0. The summed E-state index contributed by atoms with van der Waals surface area (Å²) in [7, 11) is 0. The summed E-state index contributed by atoms with van der Waals surface area (Å²) < 4.78 is 5.12. The first-order valence-electron chi connectivity index (χ1n) is 11.0. The molecule has 0 radical (unpaired) electrons. The number of likely N-dealkylation sites (tertiary alicyclic amines) is 1. The Morgan fingerprint density at radius 1 is 1.00 bits per heavy atom. The van der Waals surface area contributed by atoms with Crippen LogP contribution in [-0.4, -0.2) is 41.8 Å². The van der Waals surface area contributed by atoms with Crippen molar-refractivity contribution in [3.05, 3.63) is 54.0 Å². The molecular weight excluding hydrogens is 394 g/mol. The third-order valence-electron chi connectivity index (χ3n) is 5.85. The summed E-state index contributed by atoms with van der Waals surface area (Å²) in [5, 5.41) is 5.67. The van der Waals surface area contributed by atoms with Gasteiger partial charge in [-0.15, -0.1) is 0 Å². The highest BCUT2D eigenvalue weighted by Crippen LogP contribution is 2.20. The molecule has 1 fully saturated rings. The van der Waals surface area contributed by atoms with Crippen molar-refractivity contribution in [3.8, 4) is 0 Å². The van der Waals surface area contributed by atoms with Crippen molar-refractivity contribution in [2.24, 2.45) is 5.92 Å². The number of nitrogens with zero attached hydrogens (tertiary/aromatic N) is 1. The monoisotopic (exact) mass is 425 g/mol. The van der Waals surface area contributed by atoms with Gasteiger partial charge >= 0.3 is 0 Å². The lowest BCUT2D eigenvalue weighted by Gasteiger charge is -2.30. The van der Waals surface area contributed by atoms with Gasteiger partial charge < -0.3 is 20.0 Å². The van der Waals surface area contributed by atoms with E-state index in [1.165, 1.54) is 6.26 Å². The zero-order valence-corrected chi connectivity index (χ0v) is 18.2. The molecule has 1 aromatic carbocycles. The molecule has 3 amide bonds. The van der Waals surface area contributed by atoms with Crippen LogP contribution < -0.4 is 10.6 Å². The van der Waals surface area contributed by atoms with Gasteiger partial charge in [-0.05, 0) is 43.0 Å². The van der Waals surface area contributed by atoms with Crippen molar-refractivity contribution in [2.75, 3.05) is 18.4 Å². The maximum absolute atomic E-state index is 13.3. The minimum Gasteiger partial charge on any atom is -0.459 e. The first kappa shape index (κ1) is 22.6. The molecule has 166 valence electrons. The Kier molecular flexibility index (Phi) is 7.87. The van der Waals surface area contributed by atoms with E-state index >= 15 is 0 Å². The second kappa shape index (κ2) is 10.8. The third-order valence-corrected chi connectivity index (χ3v) is 5.85. The summed E-state index contributed by atoms with van der Waals surface area (Å²) in [6.45, 7) is 5.46. The average molecular weight is 426 g/mol. The van der Waals surface area contributed by atoms with Gasteiger partial charge in [-0.2, -0.15) is 0 Å². The number of carbonyl (C=O) groups excluding carboxylic acids is 3. The fourth-order valence-electron chi connectivity index (χ4n) is 3.77. The maximum atomic E-state index is 13.3. The van der Waals surface area contributed by atoms with Gasteiger partial charge in [0.05, 0.1) is 17.5 Å². The summed E-state index contributed by atoms with van der Waals surface area (Å²) in [6, 6.07) is 9.33. The summed E-state index contributed by atoms with van der Waals surface area (Å²) in [6.07, 6.45) is 6.43. The van der Waals surface area contributed by atoms with Crippen LogP contribution in [0.3, 0.4) is 0 Å². The number of benzene rings is 1. The van der Waals surface area contributed by atoms with Crippen molar-refractivity contribution in [1.29, 1.82) is 0 Å². The number of rotatable bonds is 7. The third kappa shape index (κ3) is 5.75. The van der Waals surface area contributed by atoms with Crippen molar-refractivity contribution in [1.82, 2.24) is 10.2 Å². The zero-order valence-electron chi connectivity index (χ0n) is 18.2. The lowest BCUT2D eigenvalue weighted by Crippen LogP contribution is -2.52. The molecule has 2 atom stereocenters. The first-order valence-corrected chi connectivity index (χ1v) is 11.0. The minimum absolute atomic E-state index is 0.00965. The van der Waals surface area contributed by atoms with E-state index in [1.54, 1.807) is 36.4 Å². The fraction of sp³-hybridized carbons (Fsp3) is 0.458. The van der Waals surface area contributed by atoms with E-state index in [4.69, 9.17) is 4.42 Å². The van der Waals surface area contributed by atoms with Crippen molar-refractivity contribution < 1.29 is 18.8 Å². The van der Waals surface area contributed by atoms with Crippen molar-refractivity contribution >= 4 is 23.4 Å². The predicted octanol–water partition coefficient (Wildman–Crippen LogP) is 4.08. The van der Waals surface area contributed by atoms with Crippen molar-refractivity contribution in [3.63, 3.8) is 0 Å². The van der Waals surface area contributed by atoms with Crippen LogP contribution in [0.1, 0.15) is 66.9 Å². The molecule has 2 N–H and O–H groups in total. The van der Waals surface area contributed by atoms with Gasteiger partial charge in [-0.1, -0.05) is 45.2 Å². The van der Waals surface area contributed by atoms with Crippen LogP contribution in [0, 0.1) is 5.92 Å². The Morgan fingerprint density at radius 3 is 2.35 bits per heavy atom. The van der Waals surface area contributed by atoms with Gasteiger partial charge in [0.25, 0.3) is 11.8 Å². The molecule has 0 saturated carbocycles. The number of hydrogen-bond donors (Lipinski definition) is 2. The van der Waals surface area contributed by atoms with Gasteiger partial charge in [0.2, 0.25) is 5.91 Å². The highest BCUT2D eigenvalue weighted by molar-refractivity contribution is 6.08. The molecule has 3 rings (SSSR count). The molecule has 2 aromatic rings. The van der Waals surface area contributed by atoms with Crippen LogP contribution in [0.2, 0.25) is 0 Å². The smallest absolute Gasteiger partial charge is 0.291 e. The highest BCUT2D eigenvalue weighted by Gasteiger charge is 2.31. The molecule has 0 spiro atoms. The van der Waals surface area contributed by atoms with E-state index in [2.05, 4.69) is 10.6 Å². The molecule has 0 aliphatic carbocycles. The van der Waals surface area contributed by atoms with Crippen LogP contribution in [0.5, 0.6) is 0 Å². The number of carbonyl (C=O) groups is 3. The van der Waals surface area contributed by atoms with E-state index in [-0.39, 0.29) is 23.5 Å². The van der Waals surface area contributed by atoms with Crippen LogP contribution >= 0.6 is 0 Å². The minimum atomic E-state index is -0.607. The van der Waals surface area contributed by atoms with Gasteiger partial charge in [0, 0.05) is 13.1 Å². The van der Waals surface area contributed by atoms with E-state index in [0.29, 0.717) is 11.3 Å². The van der Waals surface area contributed by atoms with E-state index in [9.17, 15) is 14.4 Å². The lowest BCUT2D eigenvalue weighted by atomic mass is 9.97. The summed E-state index contributed by atoms with van der Waals surface area (Å²) in [5.74, 6) is -0.705. The average Bonchev–Trinajstić information content (AvgIpc) is 3.19. The summed E-state index contributed by atoms with van der Waals surface area (Å²) in [5.41, 5.74) is 0.672. The molecule has 1 aliphatic rings. The number of amides is 3. The van der Waals surface area contributed by atoms with E-state index in [0.717, 1.165) is 45.2 Å².